The van der Waals surface area contributed by atoms with Crippen LogP contribution in [0.1, 0.15) is 32.1 Å². The molecule has 2 amide bonds. The van der Waals surface area contributed by atoms with Gasteiger partial charge in [0.05, 0.1) is 12.1 Å². The number of rotatable bonds is 1. The van der Waals surface area contributed by atoms with Crippen LogP contribution < -0.4 is 11.1 Å². The number of nitrogens with one attached hydrogen (secondary N) is 1. The number of aliphatic hydroxyl groups excluding tert-OH is 1. The van der Waals surface area contributed by atoms with Crippen LogP contribution in [-0.4, -0.2) is 47.3 Å². The molecule has 0 radical (unpaired) electrons. The van der Waals surface area contributed by atoms with Crippen molar-refractivity contribution in [1.82, 2.24) is 10.2 Å². The number of hydrogen-bond donors (Lipinski definition) is 3. The Labute approximate surface area is 96.0 Å². The van der Waals surface area contributed by atoms with Gasteiger partial charge < -0.3 is 21.1 Å². The average molecular weight is 227 g/mol. The zero-order valence-corrected chi connectivity index (χ0v) is 9.56. The van der Waals surface area contributed by atoms with E-state index in [0.717, 1.165) is 38.6 Å². The number of nitrogens with zero attached hydrogens (tertiary/aromatic N) is 1. The fraction of sp³-hybridized carbons (Fsp3) is 0.909. The Morgan fingerprint density at radius 3 is 2.69 bits per heavy atom. The first kappa shape index (κ1) is 11.7. The van der Waals surface area contributed by atoms with Crippen LogP contribution in [0.15, 0.2) is 0 Å². The molecule has 1 aliphatic carbocycles. The molecule has 1 heterocycles. The van der Waals surface area contributed by atoms with Crippen LogP contribution in [0, 0.1) is 0 Å². The molecule has 2 aliphatic rings. The van der Waals surface area contributed by atoms with Gasteiger partial charge in [0.1, 0.15) is 0 Å². The summed E-state index contributed by atoms with van der Waals surface area (Å²) < 4.78 is 0. The molecule has 1 saturated heterocycles. The summed E-state index contributed by atoms with van der Waals surface area (Å²) >= 11 is 0. The smallest absolute Gasteiger partial charge is 0.317 e. The number of amides is 2. The van der Waals surface area contributed by atoms with E-state index in [4.69, 9.17) is 5.73 Å². The SMILES string of the molecule is N[C@@H]1CCN(C(=O)N[C@@H]2CCCC[C@@H]2O)C1. The van der Waals surface area contributed by atoms with Crippen LogP contribution in [-0.2, 0) is 0 Å². The maximum atomic E-state index is 11.9. The second kappa shape index (κ2) is 5.01. The molecule has 5 heteroatoms. The minimum absolute atomic E-state index is 0.0705. The molecule has 0 aromatic carbocycles. The van der Waals surface area contributed by atoms with Crippen molar-refractivity contribution in [1.29, 1.82) is 0 Å². The molecule has 92 valence electrons. The number of likely N-dealkylation sites (tertiary alicyclic amines) is 1. The zero-order chi connectivity index (χ0) is 11.5. The second-order valence-electron chi connectivity index (χ2n) is 4.90. The van der Waals surface area contributed by atoms with Crippen LogP contribution in [0.3, 0.4) is 0 Å². The van der Waals surface area contributed by atoms with Gasteiger partial charge in [0.2, 0.25) is 0 Å². The molecular formula is C11H21N3O2. The molecule has 5 nitrogen and oxygen atoms in total. The quantitative estimate of drug-likeness (QED) is 0.591. The lowest BCUT2D eigenvalue weighted by atomic mass is 9.93. The predicted octanol–water partition coefficient (Wildman–Crippen LogP) is 0.0325. The Morgan fingerprint density at radius 1 is 1.31 bits per heavy atom. The molecule has 2 rings (SSSR count). The maximum Gasteiger partial charge on any atom is 0.317 e. The first-order chi connectivity index (χ1) is 7.66. The lowest BCUT2D eigenvalue weighted by Gasteiger charge is -2.30. The van der Waals surface area contributed by atoms with Crippen LogP contribution in [0.25, 0.3) is 0 Å². The second-order valence-corrected chi connectivity index (χ2v) is 4.90. The first-order valence-electron chi connectivity index (χ1n) is 6.16. The molecule has 0 bridgehead atoms. The molecule has 1 aliphatic heterocycles. The van der Waals surface area contributed by atoms with E-state index in [9.17, 15) is 9.90 Å². The van der Waals surface area contributed by atoms with Crippen molar-refractivity contribution in [3.05, 3.63) is 0 Å². The van der Waals surface area contributed by atoms with Gasteiger partial charge in [-0.05, 0) is 19.3 Å². The van der Waals surface area contributed by atoms with Gasteiger partial charge in [0, 0.05) is 19.1 Å². The lowest BCUT2D eigenvalue weighted by molar-refractivity contribution is 0.0908. The minimum atomic E-state index is -0.381. The number of aliphatic hydroxyl groups is 1. The van der Waals surface area contributed by atoms with Gasteiger partial charge in [0.25, 0.3) is 0 Å². The van der Waals surface area contributed by atoms with Crippen molar-refractivity contribution in [2.24, 2.45) is 5.73 Å². The fourth-order valence-corrected chi connectivity index (χ4v) is 2.50. The summed E-state index contributed by atoms with van der Waals surface area (Å²) in [6.45, 7) is 1.37. The van der Waals surface area contributed by atoms with Crippen LogP contribution in [0.4, 0.5) is 4.79 Å². The average Bonchev–Trinajstić information content (AvgIpc) is 2.68. The van der Waals surface area contributed by atoms with E-state index in [0.29, 0.717) is 6.54 Å². The monoisotopic (exact) mass is 227 g/mol. The van der Waals surface area contributed by atoms with Crippen LogP contribution in [0.2, 0.25) is 0 Å². The van der Waals surface area contributed by atoms with Gasteiger partial charge in [-0.15, -0.1) is 0 Å². The summed E-state index contributed by atoms with van der Waals surface area (Å²) in [5.74, 6) is 0. The summed E-state index contributed by atoms with van der Waals surface area (Å²) in [7, 11) is 0. The van der Waals surface area contributed by atoms with Crippen molar-refractivity contribution in [2.75, 3.05) is 13.1 Å². The van der Waals surface area contributed by atoms with Gasteiger partial charge in [-0.1, -0.05) is 12.8 Å². The van der Waals surface area contributed by atoms with Gasteiger partial charge in [-0.3, -0.25) is 0 Å². The number of nitrogens with two attached hydrogens (primary N) is 1. The third kappa shape index (κ3) is 2.65. The van der Waals surface area contributed by atoms with Crippen molar-refractivity contribution >= 4 is 6.03 Å². The molecule has 0 unspecified atom stereocenters. The molecular weight excluding hydrogens is 206 g/mol. The van der Waals surface area contributed by atoms with E-state index < -0.39 is 0 Å². The van der Waals surface area contributed by atoms with E-state index in [1.807, 2.05) is 0 Å². The van der Waals surface area contributed by atoms with E-state index >= 15 is 0 Å². The number of hydrogen-bond acceptors (Lipinski definition) is 3. The summed E-state index contributed by atoms with van der Waals surface area (Å²) in [5, 5.41) is 12.7. The van der Waals surface area contributed by atoms with Gasteiger partial charge in [-0.2, -0.15) is 0 Å². The number of carbonyl (C=O) groups excluding carboxylic acids is 1. The van der Waals surface area contributed by atoms with E-state index in [1.165, 1.54) is 0 Å². The summed E-state index contributed by atoms with van der Waals surface area (Å²) in [5.41, 5.74) is 5.75. The van der Waals surface area contributed by atoms with Crippen molar-refractivity contribution in [2.45, 2.75) is 50.3 Å². The summed E-state index contributed by atoms with van der Waals surface area (Å²) in [6.07, 6.45) is 4.32. The van der Waals surface area contributed by atoms with Crippen LogP contribution in [0.5, 0.6) is 0 Å². The fourth-order valence-electron chi connectivity index (χ4n) is 2.50. The topological polar surface area (TPSA) is 78.6 Å². The number of urea groups is 1. The summed E-state index contributed by atoms with van der Waals surface area (Å²) in [4.78, 5) is 13.6. The standard InChI is InChI=1S/C11H21N3O2/c12-8-5-6-14(7-8)11(16)13-9-3-1-2-4-10(9)15/h8-10,15H,1-7,12H2,(H,13,16)/t8-,9-,10+/m1/s1. The molecule has 3 atom stereocenters. The van der Waals surface area contributed by atoms with E-state index in [2.05, 4.69) is 5.32 Å². The van der Waals surface area contributed by atoms with Crippen molar-refractivity contribution in [3.63, 3.8) is 0 Å². The molecule has 0 spiro atoms. The lowest BCUT2D eigenvalue weighted by Crippen LogP contribution is -2.50. The Morgan fingerprint density at radius 2 is 2.06 bits per heavy atom. The van der Waals surface area contributed by atoms with Gasteiger partial charge >= 0.3 is 6.03 Å². The highest BCUT2D eigenvalue weighted by Crippen LogP contribution is 2.19. The minimum Gasteiger partial charge on any atom is -0.391 e. The van der Waals surface area contributed by atoms with E-state index in [-0.39, 0.29) is 24.2 Å². The third-order valence-corrected chi connectivity index (χ3v) is 3.55. The van der Waals surface area contributed by atoms with Crippen molar-refractivity contribution in [3.8, 4) is 0 Å². The molecule has 2 fully saturated rings. The molecule has 1 saturated carbocycles. The van der Waals surface area contributed by atoms with Crippen molar-refractivity contribution < 1.29 is 9.90 Å². The molecule has 0 aromatic rings. The first-order valence-corrected chi connectivity index (χ1v) is 6.16. The largest absolute Gasteiger partial charge is 0.391 e. The number of carbonyl (C=O) groups is 1. The molecule has 4 N–H and O–H groups in total. The van der Waals surface area contributed by atoms with Gasteiger partial charge in [-0.25, -0.2) is 4.79 Å². The molecule has 0 aromatic heterocycles. The molecule has 16 heavy (non-hydrogen) atoms. The van der Waals surface area contributed by atoms with Gasteiger partial charge in [0.15, 0.2) is 0 Å². The highest BCUT2D eigenvalue weighted by atomic mass is 16.3. The normalized spacial score (nSPS) is 35.1. The Hall–Kier alpha value is -0.810. The Bertz CT molecular complexity index is 260. The Kier molecular flexibility index (Phi) is 3.66. The highest BCUT2D eigenvalue weighted by molar-refractivity contribution is 5.75. The Balaban J connectivity index is 1.82. The van der Waals surface area contributed by atoms with Crippen LogP contribution >= 0.6 is 0 Å². The third-order valence-electron chi connectivity index (χ3n) is 3.55. The zero-order valence-electron chi connectivity index (χ0n) is 9.56. The summed E-state index contributed by atoms with van der Waals surface area (Å²) in [6, 6.07) is -0.0287. The predicted molar refractivity (Wildman–Crippen MR) is 61.0 cm³/mol. The maximum absolute atomic E-state index is 11.9. The van der Waals surface area contributed by atoms with E-state index in [1.54, 1.807) is 4.90 Å². The highest BCUT2D eigenvalue weighted by Gasteiger charge is 2.28.